The topological polar surface area (TPSA) is 165 Å². The highest BCUT2D eigenvalue weighted by atomic mass is 28.4. The molecule has 0 radical (unpaired) electrons. The Morgan fingerprint density at radius 2 is 1.58 bits per heavy atom. The van der Waals surface area contributed by atoms with Gasteiger partial charge in [-0.1, -0.05) is 87.5 Å². The number of carbonyl (C=O) groups excluding carboxylic acids is 3. The molecule has 0 spiro atoms. The number of aromatic hydroxyl groups is 1. The van der Waals surface area contributed by atoms with Crippen molar-refractivity contribution in [1.29, 1.82) is 0 Å². The molecule has 1 saturated carbocycles. The first-order chi connectivity index (χ1) is 31.5. The van der Waals surface area contributed by atoms with E-state index in [9.17, 15) is 24.3 Å². The molecule has 1 saturated heterocycles. The number of amides is 3. The summed E-state index contributed by atoms with van der Waals surface area (Å²) in [6.45, 7) is 15.1. The number of H-pyrrole nitrogens is 1. The van der Waals surface area contributed by atoms with Crippen LogP contribution in [0, 0.1) is 11.8 Å². The van der Waals surface area contributed by atoms with Crippen molar-refractivity contribution in [3.8, 4) is 16.9 Å². The van der Waals surface area contributed by atoms with Crippen LogP contribution in [0.5, 0.6) is 5.75 Å². The third kappa shape index (κ3) is 12.3. The lowest BCUT2D eigenvalue weighted by atomic mass is 10.0. The Morgan fingerprint density at radius 3 is 2.29 bits per heavy atom. The van der Waals surface area contributed by atoms with Crippen LogP contribution in [0.1, 0.15) is 70.1 Å². The lowest BCUT2D eigenvalue weighted by Gasteiger charge is -2.39. The van der Waals surface area contributed by atoms with E-state index in [0.29, 0.717) is 68.5 Å². The molecule has 2 fully saturated rings. The average Bonchev–Trinajstić information content (AvgIpc) is 3.84. The first kappa shape index (κ1) is 48.1. The van der Waals surface area contributed by atoms with Crippen LogP contribution >= 0.6 is 0 Å². The van der Waals surface area contributed by atoms with Crippen molar-refractivity contribution in [2.24, 2.45) is 11.8 Å². The van der Waals surface area contributed by atoms with Gasteiger partial charge in [0.2, 0.25) is 17.4 Å². The number of nitrogens with one attached hydrogen (secondary N) is 4. The molecule has 13 nitrogen and oxygen atoms in total. The smallest absolute Gasteiger partial charge is 0.411 e. The van der Waals surface area contributed by atoms with Gasteiger partial charge >= 0.3 is 6.09 Å². The zero-order valence-electron chi connectivity index (χ0n) is 39.2. The first-order valence-corrected chi connectivity index (χ1v) is 26.1. The Bertz CT molecular complexity index is 2510. The molecule has 1 aromatic heterocycles. The van der Waals surface area contributed by atoms with Crippen molar-refractivity contribution in [3.63, 3.8) is 0 Å². The van der Waals surface area contributed by atoms with E-state index in [1.54, 1.807) is 24.1 Å². The highest BCUT2D eigenvalue weighted by molar-refractivity contribution is 6.74. The van der Waals surface area contributed by atoms with Crippen LogP contribution < -0.4 is 21.5 Å². The molecule has 4 aromatic carbocycles. The van der Waals surface area contributed by atoms with E-state index >= 15 is 0 Å². The quantitative estimate of drug-likeness (QED) is 0.0539. The maximum atomic E-state index is 13.0. The van der Waals surface area contributed by atoms with Gasteiger partial charge in [0.25, 0.3) is 0 Å². The first-order valence-electron chi connectivity index (χ1n) is 23.2. The second-order valence-electron chi connectivity index (χ2n) is 19.5. The number of aromatic nitrogens is 1. The fourth-order valence-corrected chi connectivity index (χ4v) is 10.3. The van der Waals surface area contributed by atoms with Gasteiger partial charge in [-0.15, -0.1) is 0 Å². The van der Waals surface area contributed by atoms with Crippen LogP contribution in [0.4, 0.5) is 16.2 Å². The number of phenolic OH excluding ortho intramolecular Hbond substituents is 1. The van der Waals surface area contributed by atoms with Crippen molar-refractivity contribution in [1.82, 2.24) is 20.1 Å². The standard InChI is InChI=1S/C52H66N6O7Si/c1-52(2,3)66(5,6)65-46(42-22-24-45(59)50-43(42)23-25-48(61)56-50)32-53-31-35-18-20-39(21-19-35)54-47(60)17-12-27-57(4)49(62)26-28-58-33-37-29-40(30-38(37)34-58)64-51(63)55-44-16-11-10-15-41(44)36-13-8-7-9-14-36/h7-11,13-16,18-25,37-38,40,46,53,59H,12,17,26-34H2,1-6H3,(H,54,60)(H,55,63)(H,56,61)/t37-,38+,40+,46-/m0/s1. The summed E-state index contributed by atoms with van der Waals surface area (Å²) in [7, 11) is -0.419. The lowest BCUT2D eigenvalue weighted by molar-refractivity contribution is -0.130. The largest absolute Gasteiger partial charge is 0.506 e. The Kier molecular flexibility index (Phi) is 15.5. The van der Waals surface area contributed by atoms with E-state index in [1.165, 1.54) is 6.07 Å². The Hall–Kier alpha value is -5.80. The van der Waals surface area contributed by atoms with Crippen molar-refractivity contribution < 1.29 is 28.7 Å². The lowest BCUT2D eigenvalue weighted by Crippen LogP contribution is -2.43. The molecule has 1 aliphatic heterocycles. The maximum Gasteiger partial charge on any atom is 0.411 e. The van der Waals surface area contributed by atoms with Gasteiger partial charge in [0, 0.05) is 81.9 Å². The highest BCUT2D eigenvalue weighted by Gasteiger charge is 2.43. The summed E-state index contributed by atoms with van der Waals surface area (Å²) in [5, 5.41) is 20.7. The fraction of sp³-hybridized carbons (Fsp3) is 0.423. The molecule has 0 bridgehead atoms. The highest BCUT2D eigenvalue weighted by Crippen LogP contribution is 2.42. The summed E-state index contributed by atoms with van der Waals surface area (Å²) < 4.78 is 12.8. The van der Waals surface area contributed by atoms with Crippen molar-refractivity contribution >= 4 is 48.5 Å². The zero-order chi connectivity index (χ0) is 47.0. The number of hydrogen-bond acceptors (Lipinski definition) is 9. The number of anilines is 2. The van der Waals surface area contributed by atoms with Gasteiger partial charge in [0.1, 0.15) is 11.9 Å². The van der Waals surface area contributed by atoms with Crippen LogP contribution in [0.3, 0.4) is 0 Å². The second-order valence-corrected chi connectivity index (χ2v) is 24.3. The summed E-state index contributed by atoms with van der Waals surface area (Å²) in [5.41, 5.74) is 5.45. The third-order valence-electron chi connectivity index (χ3n) is 13.7. The summed E-state index contributed by atoms with van der Waals surface area (Å²) >= 11 is 0. The van der Waals surface area contributed by atoms with E-state index in [0.717, 1.165) is 59.3 Å². The number of carbonyl (C=O) groups is 3. The Morgan fingerprint density at radius 1 is 0.879 bits per heavy atom. The molecule has 5 N–H and O–H groups in total. The molecule has 3 amide bonds. The van der Waals surface area contributed by atoms with Gasteiger partial charge in [-0.2, -0.15) is 0 Å². The number of pyridine rings is 1. The summed E-state index contributed by atoms with van der Waals surface area (Å²) in [4.78, 5) is 57.8. The number of nitrogens with zero attached hydrogens (tertiary/aromatic N) is 2. The normalized spacial score (nSPS) is 17.9. The molecule has 0 unspecified atom stereocenters. The van der Waals surface area contributed by atoms with E-state index < -0.39 is 14.4 Å². The zero-order valence-corrected chi connectivity index (χ0v) is 40.2. The predicted molar refractivity (Wildman–Crippen MR) is 264 cm³/mol. The molecule has 66 heavy (non-hydrogen) atoms. The predicted octanol–water partition coefficient (Wildman–Crippen LogP) is 9.28. The van der Waals surface area contributed by atoms with Gasteiger partial charge in [-0.25, -0.2) is 4.79 Å². The van der Waals surface area contributed by atoms with Gasteiger partial charge in [-0.3, -0.25) is 19.7 Å². The van der Waals surface area contributed by atoms with E-state index in [2.05, 4.69) is 59.7 Å². The van der Waals surface area contributed by atoms with Crippen LogP contribution in [-0.2, 0) is 25.3 Å². The average molecular weight is 915 g/mol. The number of likely N-dealkylation sites (tertiary alicyclic amines) is 1. The minimum absolute atomic E-state index is 0.0153. The van der Waals surface area contributed by atoms with Crippen LogP contribution in [0.2, 0.25) is 18.1 Å². The number of phenols is 1. The van der Waals surface area contributed by atoms with Crippen molar-refractivity contribution in [2.45, 2.75) is 89.8 Å². The molecule has 7 rings (SSSR count). The number of rotatable bonds is 18. The number of benzene rings is 4. The number of para-hydroxylation sites is 1. The second kappa shape index (κ2) is 21.2. The van der Waals surface area contributed by atoms with Crippen LogP contribution in [0.15, 0.2) is 108 Å². The number of ether oxygens (including phenoxy) is 1. The van der Waals surface area contributed by atoms with Gasteiger partial charge < -0.3 is 39.7 Å². The molecule has 2 aliphatic rings. The molecule has 1 aliphatic carbocycles. The number of hydrogen-bond donors (Lipinski definition) is 5. The van der Waals surface area contributed by atoms with Crippen molar-refractivity contribution in [3.05, 3.63) is 125 Å². The van der Waals surface area contributed by atoms with E-state index in [-0.39, 0.29) is 40.4 Å². The summed E-state index contributed by atoms with van der Waals surface area (Å²) in [6, 6.07) is 32.1. The fourth-order valence-electron chi connectivity index (χ4n) is 8.98. The minimum Gasteiger partial charge on any atom is -0.506 e. The Labute approximate surface area is 389 Å². The Balaban J connectivity index is 0.792. The molecule has 350 valence electrons. The molecule has 5 aromatic rings. The minimum atomic E-state index is -2.22. The molecule has 2 heterocycles. The SMILES string of the molecule is CN(CCCC(=O)Nc1ccc(CNC[C@H](O[Si](C)(C)C(C)(C)C)c2ccc(O)c3[nH]c(=O)ccc23)cc1)C(=O)CCN1C[C@H]2C[C@H](OC(=O)Nc3ccccc3-c3ccccc3)C[C@H]2C1. The van der Waals surface area contributed by atoms with Gasteiger partial charge in [-0.05, 0) is 96.3 Å². The van der Waals surface area contributed by atoms with Crippen LogP contribution in [-0.4, -0.2) is 92.0 Å². The molecule has 4 atom stereocenters. The van der Waals surface area contributed by atoms with Crippen LogP contribution in [0.25, 0.3) is 22.0 Å². The van der Waals surface area contributed by atoms with Gasteiger partial charge in [0.15, 0.2) is 8.32 Å². The van der Waals surface area contributed by atoms with Crippen molar-refractivity contribution in [2.75, 3.05) is 50.4 Å². The molecule has 14 heteroatoms. The summed E-state index contributed by atoms with van der Waals surface area (Å²) in [5.74, 6) is 0.865. The molecular formula is C52H66N6O7Si. The van der Waals surface area contributed by atoms with Gasteiger partial charge in [0.05, 0.1) is 17.3 Å². The summed E-state index contributed by atoms with van der Waals surface area (Å²) in [6.07, 6.45) is 2.06. The monoisotopic (exact) mass is 914 g/mol. The number of fused-ring (bicyclic) bond motifs is 2. The maximum absolute atomic E-state index is 13.0. The molecular weight excluding hydrogens is 849 g/mol. The van der Waals surface area contributed by atoms with E-state index in [1.807, 2.05) is 84.9 Å². The third-order valence-corrected chi connectivity index (χ3v) is 18.2. The van der Waals surface area contributed by atoms with E-state index in [4.69, 9.17) is 9.16 Å². The number of aromatic amines is 1.